The topological polar surface area (TPSA) is 42.9 Å². The van der Waals surface area contributed by atoms with Crippen molar-refractivity contribution in [2.24, 2.45) is 0 Å². The lowest BCUT2D eigenvalue weighted by molar-refractivity contribution is 0.0995. The van der Waals surface area contributed by atoms with Crippen LogP contribution >= 0.6 is 27.5 Å². The number of carbonyl (C=O) groups excluding carboxylic acids is 1. The molecule has 0 bridgehead atoms. The molecule has 1 heterocycles. The number of aromatic nitrogens is 2. The molecule has 2 aromatic rings. The molecule has 0 fully saturated rings. The van der Waals surface area contributed by atoms with Crippen LogP contribution in [0.3, 0.4) is 0 Å². The van der Waals surface area contributed by atoms with E-state index in [1.165, 1.54) is 12.1 Å². The number of ketones is 1. The van der Waals surface area contributed by atoms with Gasteiger partial charge < -0.3 is 0 Å². The molecule has 1 aromatic heterocycles. The van der Waals surface area contributed by atoms with E-state index in [0.29, 0.717) is 16.1 Å². The maximum absolute atomic E-state index is 13.2. The fourth-order valence-electron chi connectivity index (χ4n) is 1.70. The largest absolute Gasteiger partial charge is 0.293 e. The van der Waals surface area contributed by atoms with Crippen molar-refractivity contribution in [2.45, 2.75) is 26.2 Å². The van der Waals surface area contributed by atoms with Gasteiger partial charge in [0.15, 0.2) is 5.78 Å². The van der Waals surface area contributed by atoms with E-state index < -0.39 is 0 Å². The summed E-state index contributed by atoms with van der Waals surface area (Å²) >= 11 is 4.42. The average Bonchev–Trinajstić information content (AvgIpc) is 2.83. The number of hydrogen-bond acceptors (Lipinski definition) is 4. The Balaban J connectivity index is 2.26. The van der Waals surface area contributed by atoms with E-state index in [-0.39, 0.29) is 23.9 Å². The van der Waals surface area contributed by atoms with Crippen molar-refractivity contribution in [3.8, 4) is 0 Å². The maximum Gasteiger partial charge on any atom is 0.180 e. The Bertz CT molecular complexity index is 612. The summed E-state index contributed by atoms with van der Waals surface area (Å²) in [4.78, 5) is 12.8. The monoisotopic (exact) mass is 342 g/mol. The predicted octanol–water partition coefficient (Wildman–Crippen LogP) is 3.99. The van der Waals surface area contributed by atoms with Crippen molar-refractivity contribution in [1.29, 1.82) is 0 Å². The van der Waals surface area contributed by atoms with Crippen molar-refractivity contribution in [3.05, 3.63) is 44.6 Å². The summed E-state index contributed by atoms with van der Waals surface area (Å²) in [7, 11) is 0. The number of carbonyl (C=O) groups is 1. The molecule has 2 rings (SSSR count). The van der Waals surface area contributed by atoms with Gasteiger partial charge in [-0.25, -0.2) is 4.39 Å². The van der Waals surface area contributed by atoms with E-state index in [4.69, 9.17) is 0 Å². The third-order valence-corrected chi connectivity index (χ3v) is 4.23. The summed E-state index contributed by atoms with van der Waals surface area (Å²) in [5.41, 5.74) is 1.34. The number of Topliss-reactive ketones (excluding diaryl/α,β-unsaturated/α-hetero) is 1. The zero-order chi connectivity index (χ0) is 14.0. The van der Waals surface area contributed by atoms with E-state index in [1.54, 1.807) is 6.07 Å². The zero-order valence-electron chi connectivity index (χ0n) is 10.5. The molecular weight excluding hydrogens is 331 g/mol. The average molecular weight is 343 g/mol. The molecule has 0 saturated heterocycles. The van der Waals surface area contributed by atoms with Gasteiger partial charge in [0.25, 0.3) is 0 Å². The Morgan fingerprint density at radius 1 is 1.47 bits per heavy atom. The third kappa shape index (κ3) is 3.25. The van der Waals surface area contributed by atoms with Crippen LogP contribution in [0.15, 0.2) is 22.7 Å². The van der Waals surface area contributed by atoms with Gasteiger partial charge in [0, 0.05) is 10.9 Å². The Hall–Kier alpha value is -1.14. The van der Waals surface area contributed by atoms with E-state index in [2.05, 4.69) is 25.5 Å². The molecule has 0 spiro atoms. The van der Waals surface area contributed by atoms with E-state index in [0.717, 1.165) is 16.0 Å². The van der Waals surface area contributed by atoms with Gasteiger partial charge in [-0.2, -0.15) is 0 Å². The second-order valence-corrected chi connectivity index (χ2v) is 6.09. The van der Waals surface area contributed by atoms with E-state index >= 15 is 0 Å². The molecule has 0 amide bonds. The predicted molar refractivity (Wildman–Crippen MR) is 76.1 cm³/mol. The summed E-state index contributed by atoms with van der Waals surface area (Å²) in [6.07, 6.45) is 0.141. The molecule has 100 valence electrons. The molecule has 1 aromatic carbocycles. The number of rotatable bonds is 4. The van der Waals surface area contributed by atoms with Gasteiger partial charge in [-0.05, 0) is 41.2 Å². The summed E-state index contributed by atoms with van der Waals surface area (Å²) in [6.45, 7) is 3.93. The van der Waals surface area contributed by atoms with Gasteiger partial charge in [-0.1, -0.05) is 34.3 Å². The van der Waals surface area contributed by atoms with Crippen LogP contribution < -0.4 is 0 Å². The lowest BCUT2D eigenvalue weighted by atomic mass is 10.0. The van der Waals surface area contributed by atoms with Crippen LogP contribution in [-0.4, -0.2) is 15.4 Å². The van der Waals surface area contributed by atoms with Crippen molar-refractivity contribution >= 4 is 33.2 Å². The standard InChI is InChI=1S/C13H12BrFN2OS/c1-7(2)12-13(19-17-16-12)11(18)6-8-5-9(15)3-4-10(8)14/h3-5,7H,6H2,1-2H3. The molecule has 3 nitrogen and oxygen atoms in total. The van der Waals surface area contributed by atoms with Gasteiger partial charge in [-0.15, -0.1) is 5.10 Å². The maximum atomic E-state index is 13.2. The van der Waals surface area contributed by atoms with Gasteiger partial charge in [0.1, 0.15) is 10.7 Å². The third-order valence-electron chi connectivity index (χ3n) is 2.67. The highest BCUT2D eigenvalue weighted by molar-refractivity contribution is 9.10. The Morgan fingerprint density at radius 2 is 2.21 bits per heavy atom. The Kier molecular flexibility index (Phi) is 4.42. The molecule has 0 saturated carbocycles. The van der Waals surface area contributed by atoms with Crippen molar-refractivity contribution in [3.63, 3.8) is 0 Å². The lowest BCUT2D eigenvalue weighted by Crippen LogP contribution is -2.06. The molecule has 0 N–H and O–H groups in total. The molecule has 19 heavy (non-hydrogen) atoms. The van der Waals surface area contributed by atoms with Crippen LogP contribution in [0.4, 0.5) is 4.39 Å². The van der Waals surface area contributed by atoms with Crippen LogP contribution in [-0.2, 0) is 6.42 Å². The lowest BCUT2D eigenvalue weighted by Gasteiger charge is -2.05. The first-order chi connectivity index (χ1) is 8.99. The van der Waals surface area contributed by atoms with Crippen LogP contribution in [0.2, 0.25) is 0 Å². The summed E-state index contributed by atoms with van der Waals surface area (Å²) in [6, 6.07) is 4.32. The number of nitrogens with zero attached hydrogens (tertiary/aromatic N) is 2. The summed E-state index contributed by atoms with van der Waals surface area (Å²) < 4.78 is 17.8. The summed E-state index contributed by atoms with van der Waals surface area (Å²) in [5, 5.41) is 3.98. The van der Waals surface area contributed by atoms with Crippen LogP contribution in [0, 0.1) is 5.82 Å². The SMILES string of the molecule is CC(C)c1nnsc1C(=O)Cc1cc(F)ccc1Br. The van der Waals surface area contributed by atoms with Crippen LogP contribution in [0.1, 0.15) is 40.7 Å². The van der Waals surface area contributed by atoms with Crippen molar-refractivity contribution < 1.29 is 9.18 Å². The highest BCUT2D eigenvalue weighted by Crippen LogP contribution is 2.24. The van der Waals surface area contributed by atoms with Gasteiger partial charge >= 0.3 is 0 Å². The molecule has 0 aliphatic carbocycles. The zero-order valence-corrected chi connectivity index (χ0v) is 12.9. The minimum absolute atomic E-state index is 0.0787. The highest BCUT2D eigenvalue weighted by Gasteiger charge is 2.19. The Labute approximate surface area is 123 Å². The van der Waals surface area contributed by atoms with E-state index in [9.17, 15) is 9.18 Å². The Morgan fingerprint density at radius 3 is 2.89 bits per heavy atom. The smallest absolute Gasteiger partial charge is 0.180 e. The first-order valence-electron chi connectivity index (χ1n) is 5.78. The van der Waals surface area contributed by atoms with Gasteiger partial charge in [0.2, 0.25) is 0 Å². The highest BCUT2D eigenvalue weighted by atomic mass is 79.9. The molecule has 0 aliphatic heterocycles. The van der Waals surface area contributed by atoms with Crippen molar-refractivity contribution in [2.75, 3.05) is 0 Å². The van der Waals surface area contributed by atoms with Crippen molar-refractivity contribution in [1.82, 2.24) is 9.59 Å². The second kappa shape index (κ2) is 5.88. The second-order valence-electron chi connectivity index (χ2n) is 4.48. The molecule has 0 unspecified atom stereocenters. The molecule has 0 radical (unpaired) electrons. The number of hydrogen-bond donors (Lipinski definition) is 0. The van der Waals surface area contributed by atoms with Gasteiger partial charge in [-0.3, -0.25) is 4.79 Å². The molecule has 0 aliphatic rings. The normalized spacial score (nSPS) is 11.0. The first kappa shape index (κ1) is 14.3. The molecule has 0 atom stereocenters. The fraction of sp³-hybridized carbons (Fsp3) is 0.308. The quantitative estimate of drug-likeness (QED) is 0.789. The first-order valence-corrected chi connectivity index (χ1v) is 7.35. The van der Waals surface area contributed by atoms with E-state index in [1.807, 2.05) is 13.8 Å². The summed E-state index contributed by atoms with van der Waals surface area (Å²) in [5.74, 6) is -0.281. The minimum atomic E-state index is -0.350. The van der Waals surface area contributed by atoms with Crippen LogP contribution in [0.25, 0.3) is 0 Å². The van der Waals surface area contributed by atoms with Crippen LogP contribution in [0.5, 0.6) is 0 Å². The molecule has 6 heteroatoms. The fourth-order valence-corrected chi connectivity index (χ4v) is 2.84. The van der Waals surface area contributed by atoms with Gasteiger partial charge in [0.05, 0.1) is 5.69 Å². The molecular formula is C13H12BrFN2OS. The minimum Gasteiger partial charge on any atom is -0.293 e. The number of halogens is 2. The number of benzene rings is 1.